The fraction of sp³-hybridized carbons (Fsp3) is 0. The Hall–Kier alpha value is -2.58. The molecule has 0 atom stereocenters. The molecule has 6 heteroatoms. The maximum atomic E-state index is 10.9. The van der Waals surface area contributed by atoms with Crippen molar-refractivity contribution in [3.63, 3.8) is 0 Å². The summed E-state index contributed by atoms with van der Waals surface area (Å²) in [6, 6.07) is 11.5. The van der Waals surface area contributed by atoms with Gasteiger partial charge in [0.2, 0.25) is 0 Å². The number of nitriles is 1. The van der Waals surface area contributed by atoms with E-state index < -0.39 is 5.97 Å². The number of nitrogens with zero attached hydrogens (tertiary/aromatic N) is 2. The number of anilines is 2. The smallest absolute Gasteiger partial charge is 0.335 e. The van der Waals surface area contributed by atoms with Gasteiger partial charge >= 0.3 is 5.97 Å². The van der Waals surface area contributed by atoms with Crippen molar-refractivity contribution in [1.82, 2.24) is 4.98 Å². The first-order valence-corrected chi connectivity index (χ1v) is 5.65. The number of hydrogen-bond donors (Lipinski definition) is 2. The van der Waals surface area contributed by atoms with Gasteiger partial charge in [0.05, 0.1) is 16.8 Å². The molecule has 1 aromatic carbocycles. The average molecular weight is 274 g/mol. The van der Waals surface area contributed by atoms with Gasteiger partial charge in [-0.3, -0.25) is 0 Å². The second kappa shape index (κ2) is 5.38. The third-order valence-electron chi connectivity index (χ3n) is 2.35. The third-order valence-corrected chi connectivity index (χ3v) is 2.54. The first-order valence-electron chi connectivity index (χ1n) is 5.27. The predicted molar refractivity (Wildman–Crippen MR) is 70.6 cm³/mol. The van der Waals surface area contributed by atoms with Crippen molar-refractivity contribution in [3.8, 4) is 6.07 Å². The van der Waals surface area contributed by atoms with Crippen LogP contribution in [0.4, 0.5) is 11.5 Å². The number of pyridine rings is 1. The molecule has 0 unspecified atom stereocenters. The summed E-state index contributed by atoms with van der Waals surface area (Å²) < 4.78 is 0. The summed E-state index contributed by atoms with van der Waals surface area (Å²) in [6.07, 6.45) is 0. The van der Waals surface area contributed by atoms with Gasteiger partial charge in [0.15, 0.2) is 0 Å². The topological polar surface area (TPSA) is 86.0 Å². The molecule has 0 bridgehead atoms. The van der Waals surface area contributed by atoms with Crippen LogP contribution in [0.1, 0.15) is 15.9 Å². The standard InChI is InChI=1S/C13H8ClN3O2/c14-11-5-9(13(18)19)6-12(17-11)16-10-4-2-1-3-8(10)7-15/h1-6H,(H,16,17)(H,18,19). The predicted octanol–water partition coefficient (Wildman–Crippen LogP) is 3.05. The van der Waals surface area contributed by atoms with Crippen molar-refractivity contribution in [3.05, 3.63) is 52.7 Å². The Morgan fingerprint density at radius 3 is 2.79 bits per heavy atom. The summed E-state index contributed by atoms with van der Waals surface area (Å²) in [4.78, 5) is 14.9. The lowest BCUT2D eigenvalue weighted by Crippen LogP contribution is -2.01. The number of nitrogens with one attached hydrogen (secondary N) is 1. The molecule has 2 N–H and O–H groups in total. The number of para-hydroxylation sites is 1. The molecular weight excluding hydrogens is 266 g/mol. The van der Waals surface area contributed by atoms with E-state index in [0.29, 0.717) is 11.3 Å². The van der Waals surface area contributed by atoms with Gasteiger partial charge < -0.3 is 10.4 Å². The fourth-order valence-corrected chi connectivity index (χ4v) is 1.72. The van der Waals surface area contributed by atoms with Crippen LogP contribution in [0.2, 0.25) is 5.15 Å². The van der Waals surface area contributed by atoms with E-state index in [1.54, 1.807) is 24.3 Å². The average Bonchev–Trinajstić information content (AvgIpc) is 2.38. The van der Waals surface area contributed by atoms with E-state index in [-0.39, 0.29) is 16.5 Å². The molecule has 0 radical (unpaired) electrons. The van der Waals surface area contributed by atoms with Crippen molar-refractivity contribution in [2.75, 3.05) is 5.32 Å². The molecule has 0 aliphatic carbocycles. The number of aromatic carboxylic acids is 1. The highest BCUT2D eigenvalue weighted by atomic mass is 35.5. The van der Waals surface area contributed by atoms with Crippen LogP contribution in [0.15, 0.2) is 36.4 Å². The van der Waals surface area contributed by atoms with E-state index in [0.717, 1.165) is 0 Å². The van der Waals surface area contributed by atoms with Crippen molar-refractivity contribution >= 4 is 29.1 Å². The summed E-state index contributed by atoms with van der Waals surface area (Å²) in [5.41, 5.74) is 0.995. The van der Waals surface area contributed by atoms with Gasteiger partial charge in [-0.2, -0.15) is 5.26 Å². The SMILES string of the molecule is N#Cc1ccccc1Nc1cc(C(=O)O)cc(Cl)n1. The monoisotopic (exact) mass is 273 g/mol. The maximum absolute atomic E-state index is 10.9. The van der Waals surface area contributed by atoms with E-state index in [1.807, 2.05) is 6.07 Å². The third kappa shape index (κ3) is 3.00. The van der Waals surface area contributed by atoms with Crippen molar-refractivity contribution in [1.29, 1.82) is 5.26 Å². The van der Waals surface area contributed by atoms with Gasteiger partial charge in [0.25, 0.3) is 0 Å². The Labute approximate surface area is 114 Å². The molecule has 5 nitrogen and oxygen atoms in total. The van der Waals surface area contributed by atoms with Crippen molar-refractivity contribution in [2.45, 2.75) is 0 Å². The van der Waals surface area contributed by atoms with Crippen molar-refractivity contribution < 1.29 is 9.90 Å². The molecular formula is C13H8ClN3O2. The molecule has 2 aromatic rings. The Morgan fingerprint density at radius 1 is 1.37 bits per heavy atom. The Kier molecular flexibility index (Phi) is 3.64. The number of carboxylic acids is 1. The quantitative estimate of drug-likeness (QED) is 0.840. The van der Waals surface area contributed by atoms with Crippen LogP contribution < -0.4 is 5.32 Å². The normalized spacial score (nSPS) is 9.68. The van der Waals surface area contributed by atoms with E-state index >= 15 is 0 Å². The van der Waals surface area contributed by atoms with Crippen LogP contribution in [0, 0.1) is 11.3 Å². The molecule has 1 heterocycles. The zero-order valence-electron chi connectivity index (χ0n) is 9.59. The summed E-state index contributed by atoms with van der Waals surface area (Å²) >= 11 is 5.75. The van der Waals surface area contributed by atoms with E-state index in [9.17, 15) is 4.79 Å². The number of hydrogen-bond acceptors (Lipinski definition) is 4. The van der Waals surface area contributed by atoms with E-state index in [2.05, 4.69) is 10.3 Å². The number of benzene rings is 1. The zero-order valence-corrected chi connectivity index (χ0v) is 10.3. The van der Waals surface area contributed by atoms with Crippen LogP contribution in [-0.4, -0.2) is 16.1 Å². The first kappa shape index (κ1) is 12.9. The minimum Gasteiger partial charge on any atom is -0.478 e. The molecule has 94 valence electrons. The van der Waals surface area contributed by atoms with E-state index in [4.69, 9.17) is 22.0 Å². The molecule has 0 aliphatic rings. The highest BCUT2D eigenvalue weighted by molar-refractivity contribution is 6.29. The minimum atomic E-state index is -1.10. The highest BCUT2D eigenvalue weighted by Gasteiger charge is 2.09. The van der Waals surface area contributed by atoms with Crippen LogP contribution >= 0.6 is 11.6 Å². The molecule has 0 saturated carbocycles. The number of aromatic nitrogens is 1. The van der Waals surface area contributed by atoms with Gasteiger partial charge in [-0.15, -0.1) is 0 Å². The number of rotatable bonds is 3. The summed E-state index contributed by atoms with van der Waals surface area (Å²) in [6.45, 7) is 0. The van der Waals surface area contributed by atoms with Gasteiger partial charge in [-0.1, -0.05) is 23.7 Å². The molecule has 19 heavy (non-hydrogen) atoms. The molecule has 0 fully saturated rings. The van der Waals surface area contributed by atoms with Crippen LogP contribution in [0.5, 0.6) is 0 Å². The summed E-state index contributed by atoms with van der Waals surface area (Å²) in [5.74, 6) is -0.825. The zero-order chi connectivity index (χ0) is 13.8. The Bertz CT molecular complexity index is 680. The van der Waals surface area contributed by atoms with Crippen molar-refractivity contribution in [2.24, 2.45) is 0 Å². The molecule has 0 amide bonds. The lowest BCUT2D eigenvalue weighted by atomic mass is 10.2. The fourth-order valence-electron chi connectivity index (χ4n) is 1.51. The largest absolute Gasteiger partial charge is 0.478 e. The minimum absolute atomic E-state index is 0.0249. The molecule has 2 rings (SSSR count). The van der Waals surface area contributed by atoms with Crippen LogP contribution in [0.3, 0.4) is 0 Å². The van der Waals surface area contributed by atoms with Crippen LogP contribution in [0.25, 0.3) is 0 Å². The van der Waals surface area contributed by atoms with Gasteiger partial charge in [0, 0.05) is 0 Å². The molecule has 0 aliphatic heterocycles. The molecule has 0 saturated heterocycles. The van der Waals surface area contributed by atoms with Crippen LogP contribution in [-0.2, 0) is 0 Å². The second-order valence-corrected chi connectivity index (χ2v) is 4.04. The Morgan fingerprint density at radius 2 is 2.11 bits per heavy atom. The highest BCUT2D eigenvalue weighted by Crippen LogP contribution is 2.21. The molecule has 1 aromatic heterocycles. The van der Waals surface area contributed by atoms with Gasteiger partial charge in [0.1, 0.15) is 17.0 Å². The van der Waals surface area contributed by atoms with Gasteiger partial charge in [-0.25, -0.2) is 9.78 Å². The second-order valence-electron chi connectivity index (χ2n) is 3.65. The first-order chi connectivity index (χ1) is 9.10. The molecule has 0 spiro atoms. The Balaban J connectivity index is 2.39. The summed E-state index contributed by atoms with van der Waals surface area (Å²) in [5, 5.41) is 20.8. The number of carbonyl (C=O) groups is 1. The van der Waals surface area contributed by atoms with Gasteiger partial charge in [-0.05, 0) is 24.3 Å². The number of halogens is 1. The lowest BCUT2D eigenvalue weighted by molar-refractivity contribution is 0.0697. The number of carboxylic acid groups (broad SMARTS) is 1. The lowest BCUT2D eigenvalue weighted by Gasteiger charge is -2.08. The maximum Gasteiger partial charge on any atom is 0.335 e. The summed E-state index contributed by atoms with van der Waals surface area (Å²) in [7, 11) is 0. The van der Waals surface area contributed by atoms with E-state index in [1.165, 1.54) is 12.1 Å².